The van der Waals surface area contributed by atoms with Crippen molar-refractivity contribution in [3.8, 4) is 0 Å². The van der Waals surface area contributed by atoms with Gasteiger partial charge in [0.05, 0.1) is 6.54 Å². The van der Waals surface area contributed by atoms with E-state index in [1.807, 2.05) is 23.9 Å². The standard InChI is InChI=1S/C21H29N3O/c1-23(2)14-20(25)24-12-18-21(19(13-24)22-18)17-10-8-16(9-11-17)15-6-4-3-5-7-15/h6,8-11,18-19,21-22H,3-5,7,12-14H2,1-2H3/t18-,19+,21?. The van der Waals surface area contributed by atoms with Crippen LogP contribution < -0.4 is 5.32 Å². The summed E-state index contributed by atoms with van der Waals surface area (Å²) in [6, 6.07) is 10.0. The summed E-state index contributed by atoms with van der Waals surface area (Å²) in [6.07, 6.45) is 7.51. The molecule has 25 heavy (non-hydrogen) atoms. The third-order valence-electron chi connectivity index (χ3n) is 5.89. The Hall–Kier alpha value is -1.65. The summed E-state index contributed by atoms with van der Waals surface area (Å²) in [6.45, 7) is 2.18. The first kappa shape index (κ1) is 16.8. The normalized spacial score (nSPS) is 28.5. The molecule has 3 fully saturated rings. The molecule has 3 heterocycles. The molecule has 0 saturated carbocycles. The molecule has 4 heteroatoms. The molecule has 134 valence electrons. The van der Waals surface area contributed by atoms with Crippen LogP contribution in [0.15, 0.2) is 30.3 Å². The SMILES string of the molecule is CN(C)CC(=O)N1C[C@@H]2N[C@H](C1)C2c1ccc(C2=CCCCC2)cc1. The van der Waals surface area contributed by atoms with Gasteiger partial charge >= 0.3 is 0 Å². The molecule has 4 nitrogen and oxygen atoms in total. The number of allylic oxidation sites excluding steroid dienone is 2. The van der Waals surface area contributed by atoms with E-state index in [2.05, 4.69) is 35.7 Å². The Morgan fingerprint density at radius 1 is 1.16 bits per heavy atom. The van der Waals surface area contributed by atoms with Crippen LogP contribution >= 0.6 is 0 Å². The number of piperazine rings is 1. The minimum atomic E-state index is 0.250. The van der Waals surface area contributed by atoms with Crippen LogP contribution in [0, 0.1) is 0 Å². The number of carbonyl (C=O) groups excluding carboxylic acids is 1. The van der Waals surface area contributed by atoms with Crippen LogP contribution in [0.3, 0.4) is 0 Å². The number of nitrogens with one attached hydrogen (secondary N) is 1. The molecule has 1 unspecified atom stereocenters. The fourth-order valence-corrected chi connectivity index (χ4v) is 4.58. The van der Waals surface area contributed by atoms with Crippen molar-refractivity contribution in [3.63, 3.8) is 0 Å². The van der Waals surface area contributed by atoms with Crippen molar-refractivity contribution in [1.29, 1.82) is 0 Å². The molecule has 3 aliphatic heterocycles. The van der Waals surface area contributed by atoms with Crippen LogP contribution in [0.5, 0.6) is 0 Å². The highest BCUT2D eigenvalue weighted by Crippen LogP contribution is 2.37. The zero-order chi connectivity index (χ0) is 17.4. The van der Waals surface area contributed by atoms with Crippen LogP contribution in [-0.2, 0) is 4.79 Å². The Bertz CT molecular complexity index is 652. The summed E-state index contributed by atoms with van der Waals surface area (Å²) < 4.78 is 0. The third-order valence-corrected chi connectivity index (χ3v) is 5.89. The molecule has 4 aliphatic rings. The maximum Gasteiger partial charge on any atom is 0.236 e. The van der Waals surface area contributed by atoms with Gasteiger partial charge in [0, 0.05) is 31.1 Å². The number of benzene rings is 1. The number of likely N-dealkylation sites (N-methyl/N-ethyl adjacent to an activating group) is 1. The van der Waals surface area contributed by atoms with E-state index in [-0.39, 0.29) is 5.91 Å². The number of nitrogens with zero attached hydrogens (tertiary/aromatic N) is 2. The minimum absolute atomic E-state index is 0.250. The van der Waals surface area contributed by atoms with Gasteiger partial charge in [-0.05, 0) is 56.5 Å². The first-order chi connectivity index (χ1) is 12.1. The van der Waals surface area contributed by atoms with Crippen LogP contribution in [0.4, 0.5) is 0 Å². The maximum atomic E-state index is 12.3. The molecular formula is C21H29N3O. The molecule has 0 aromatic heterocycles. The van der Waals surface area contributed by atoms with Gasteiger partial charge in [-0.3, -0.25) is 4.79 Å². The second-order valence-electron chi connectivity index (χ2n) is 8.04. The van der Waals surface area contributed by atoms with Gasteiger partial charge in [0.2, 0.25) is 5.91 Å². The first-order valence-corrected chi connectivity index (χ1v) is 9.60. The second-order valence-corrected chi connectivity index (χ2v) is 8.04. The number of piperidine rings is 1. The number of fused-ring (bicyclic) bond motifs is 2. The largest absolute Gasteiger partial charge is 0.338 e. The van der Waals surface area contributed by atoms with Crippen molar-refractivity contribution < 1.29 is 4.79 Å². The van der Waals surface area contributed by atoms with Crippen molar-refractivity contribution in [1.82, 2.24) is 15.1 Å². The summed E-state index contributed by atoms with van der Waals surface area (Å²) in [7, 11) is 3.90. The lowest BCUT2D eigenvalue weighted by molar-refractivity contribution is -0.136. The molecule has 0 radical (unpaired) electrons. The second kappa shape index (κ2) is 6.93. The van der Waals surface area contributed by atoms with E-state index in [0.717, 1.165) is 13.1 Å². The van der Waals surface area contributed by atoms with E-state index in [0.29, 0.717) is 24.5 Å². The Morgan fingerprint density at radius 2 is 1.88 bits per heavy atom. The number of hydrogen-bond donors (Lipinski definition) is 1. The smallest absolute Gasteiger partial charge is 0.236 e. The Kier molecular flexibility index (Phi) is 4.65. The number of amides is 1. The van der Waals surface area contributed by atoms with E-state index < -0.39 is 0 Å². The Labute approximate surface area is 150 Å². The van der Waals surface area contributed by atoms with Crippen molar-refractivity contribution in [2.45, 2.75) is 43.7 Å². The van der Waals surface area contributed by atoms with Crippen molar-refractivity contribution >= 4 is 11.5 Å². The van der Waals surface area contributed by atoms with E-state index in [1.54, 1.807) is 0 Å². The summed E-state index contributed by atoms with van der Waals surface area (Å²) in [4.78, 5) is 16.3. The molecule has 1 amide bonds. The molecule has 2 bridgehead atoms. The molecule has 3 atom stereocenters. The maximum absolute atomic E-state index is 12.3. The predicted molar refractivity (Wildman–Crippen MR) is 101 cm³/mol. The van der Waals surface area contributed by atoms with Gasteiger partial charge in [0.25, 0.3) is 0 Å². The zero-order valence-electron chi connectivity index (χ0n) is 15.4. The molecule has 1 aromatic rings. The van der Waals surface area contributed by atoms with E-state index in [4.69, 9.17) is 0 Å². The number of carbonyl (C=O) groups is 1. The summed E-state index contributed by atoms with van der Waals surface area (Å²) in [5, 5.41) is 3.63. The number of rotatable bonds is 4. The van der Waals surface area contributed by atoms with Gasteiger partial charge in [-0.15, -0.1) is 0 Å². The minimum Gasteiger partial charge on any atom is -0.338 e. The fourth-order valence-electron chi connectivity index (χ4n) is 4.58. The summed E-state index contributed by atoms with van der Waals surface area (Å²) >= 11 is 0. The molecule has 1 aliphatic carbocycles. The van der Waals surface area contributed by atoms with Gasteiger partial charge in [-0.1, -0.05) is 30.3 Å². The van der Waals surface area contributed by atoms with Crippen molar-refractivity contribution in [2.75, 3.05) is 33.7 Å². The number of hydrogen-bond acceptors (Lipinski definition) is 3. The van der Waals surface area contributed by atoms with E-state index in [9.17, 15) is 4.79 Å². The van der Waals surface area contributed by atoms with Crippen LogP contribution in [0.2, 0.25) is 0 Å². The quantitative estimate of drug-likeness (QED) is 0.915. The lowest BCUT2D eigenvalue weighted by Crippen LogP contribution is -2.72. The third kappa shape index (κ3) is 3.38. The zero-order valence-corrected chi connectivity index (χ0v) is 15.4. The highest BCUT2D eigenvalue weighted by Gasteiger charge is 2.47. The van der Waals surface area contributed by atoms with Crippen LogP contribution in [-0.4, -0.2) is 61.5 Å². The lowest BCUT2D eigenvalue weighted by Gasteiger charge is -2.55. The Balaban J connectivity index is 1.41. The summed E-state index contributed by atoms with van der Waals surface area (Å²) in [5.74, 6) is 0.803. The molecule has 1 N–H and O–H groups in total. The highest BCUT2D eigenvalue weighted by atomic mass is 16.2. The first-order valence-electron chi connectivity index (χ1n) is 9.60. The Morgan fingerprint density at radius 3 is 2.48 bits per heavy atom. The molecule has 5 rings (SSSR count). The molecular weight excluding hydrogens is 310 g/mol. The molecule has 0 spiro atoms. The van der Waals surface area contributed by atoms with Gasteiger partial charge < -0.3 is 15.1 Å². The van der Waals surface area contributed by atoms with Crippen molar-refractivity contribution in [2.24, 2.45) is 0 Å². The predicted octanol–water partition coefficient (Wildman–Crippen LogP) is 2.47. The molecule has 1 aromatic carbocycles. The average molecular weight is 339 g/mol. The summed E-state index contributed by atoms with van der Waals surface area (Å²) in [5.41, 5.74) is 4.34. The highest BCUT2D eigenvalue weighted by molar-refractivity contribution is 5.78. The van der Waals surface area contributed by atoms with Gasteiger partial charge in [-0.25, -0.2) is 0 Å². The van der Waals surface area contributed by atoms with E-state index >= 15 is 0 Å². The van der Waals surface area contributed by atoms with Crippen molar-refractivity contribution in [3.05, 3.63) is 41.5 Å². The fraction of sp³-hybridized carbons (Fsp3) is 0.571. The lowest BCUT2D eigenvalue weighted by atomic mass is 9.74. The van der Waals surface area contributed by atoms with Gasteiger partial charge in [0.15, 0.2) is 0 Å². The molecule has 3 saturated heterocycles. The van der Waals surface area contributed by atoms with Gasteiger partial charge in [-0.2, -0.15) is 0 Å². The van der Waals surface area contributed by atoms with Crippen LogP contribution in [0.25, 0.3) is 5.57 Å². The van der Waals surface area contributed by atoms with Crippen LogP contribution in [0.1, 0.15) is 42.7 Å². The van der Waals surface area contributed by atoms with Gasteiger partial charge in [0.1, 0.15) is 0 Å². The monoisotopic (exact) mass is 339 g/mol. The topological polar surface area (TPSA) is 35.6 Å². The average Bonchev–Trinajstić information content (AvgIpc) is 2.62. The van der Waals surface area contributed by atoms with E-state index in [1.165, 1.54) is 42.4 Å².